The van der Waals surface area contributed by atoms with Crippen molar-refractivity contribution in [2.24, 2.45) is 0 Å². The maximum atomic E-state index is 13.8. The van der Waals surface area contributed by atoms with E-state index in [1.165, 1.54) is 22.6 Å². The summed E-state index contributed by atoms with van der Waals surface area (Å²) in [5.74, 6) is -1.24. The van der Waals surface area contributed by atoms with Gasteiger partial charge in [-0.3, -0.25) is 9.69 Å². The number of amides is 1. The van der Waals surface area contributed by atoms with Crippen molar-refractivity contribution in [1.29, 1.82) is 0 Å². The lowest BCUT2D eigenvalue weighted by Gasteiger charge is -2.26. The summed E-state index contributed by atoms with van der Waals surface area (Å²) in [6.07, 6.45) is 0.525. The molecule has 2 aromatic carbocycles. The molecule has 0 spiro atoms. The number of aliphatic carboxylic acids is 1. The van der Waals surface area contributed by atoms with Crippen LogP contribution in [-0.2, 0) is 32.6 Å². The van der Waals surface area contributed by atoms with Crippen LogP contribution < -0.4 is 4.90 Å². The number of aromatic nitrogens is 2. The van der Waals surface area contributed by atoms with E-state index in [1.807, 2.05) is 49.4 Å². The molecule has 0 bridgehead atoms. The van der Waals surface area contributed by atoms with Crippen LogP contribution in [0.2, 0.25) is 0 Å². The van der Waals surface area contributed by atoms with Gasteiger partial charge < -0.3 is 9.84 Å². The summed E-state index contributed by atoms with van der Waals surface area (Å²) in [5, 5.41) is 9.32. The second-order valence-corrected chi connectivity index (χ2v) is 12.8. The molecule has 0 saturated heterocycles. The van der Waals surface area contributed by atoms with Crippen LogP contribution in [0.25, 0.3) is 11.1 Å². The van der Waals surface area contributed by atoms with Crippen molar-refractivity contribution in [3.8, 4) is 11.1 Å². The van der Waals surface area contributed by atoms with Crippen LogP contribution in [0.4, 0.5) is 10.6 Å². The average molecular weight is 603 g/mol. The molecule has 0 aliphatic heterocycles. The molecule has 10 nitrogen and oxygen atoms in total. The smallest absolute Gasteiger partial charge is 0.416 e. The maximum absolute atomic E-state index is 13.8. The van der Waals surface area contributed by atoms with Crippen molar-refractivity contribution in [2.45, 2.75) is 51.4 Å². The zero-order valence-electron chi connectivity index (χ0n) is 24.5. The molecule has 0 atom stereocenters. The Morgan fingerprint density at radius 3 is 2.23 bits per heavy atom. The summed E-state index contributed by atoms with van der Waals surface area (Å²) in [6, 6.07) is 25.1. The predicted molar refractivity (Wildman–Crippen MR) is 163 cm³/mol. The average Bonchev–Trinajstić information content (AvgIpc) is 2.95. The molecule has 0 radical (unpaired) electrons. The van der Waals surface area contributed by atoms with Crippen molar-refractivity contribution in [3.05, 3.63) is 108 Å². The highest BCUT2D eigenvalue weighted by molar-refractivity contribution is 7.89. The number of ether oxygens (including phenoxy) is 1. The predicted octanol–water partition coefficient (Wildman–Crippen LogP) is 5.67. The molecule has 1 N–H and O–H groups in total. The molecular weight excluding hydrogens is 568 g/mol. The molecule has 4 aromatic rings. The van der Waals surface area contributed by atoms with Crippen LogP contribution in [0.5, 0.6) is 0 Å². The number of carboxylic acid groups (broad SMARTS) is 1. The van der Waals surface area contributed by atoms with Gasteiger partial charge in [0, 0.05) is 12.7 Å². The highest BCUT2D eigenvalue weighted by Crippen LogP contribution is 2.25. The number of nitrogens with zero attached hydrogens (tertiary/aromatic N) is 4. The molecule has 0 fully saturated rings. The Morgan fingerprint density at radius 2 is 1.60 bits per heavy atom. The fraction of sp³-hybridized carbons (Fsp3) is 0.250. The van der Waals surface area contributed by atoms with Gasteiger partial charge in [-0.05, 0) is 68.7 Å². The van der Waals surface area contributed by atoms with E-state index in [-0.39, 0.29) is 23.9 Å². The summed E-state index contributed by atoms with van der Waals surface area (Å²) in [5.41, 5.74) is 3.37. The number of pyridine rings is 2. The zero-order chi connectivity index (χ0) is 31.2. The third kappa shape index (κ3) is 8.46. The standard InChI is InChI=1S/C32H34N4O6S/c1-23-9-7-10-26(19-23)25-16-14-24(15-17-25)20-35(43(40,41)29-13-5-6-18-33-29)21-27-11-8-12-28(34-27)36(22-30(37)38)31(39)42-32(2,3)4/h5-19H,20-22H2,1-4H3,(H,37,38). The zero-order valence-corrected chi connectivity index (χ0v) is 25.3. The number of benzene rings is 2. The van der Waals surface area contributed by atoms with Gasteiger partial charge in [0.2, 0.25) is 0 Å². The first kappa shape index (κ1) is 31.3. The lowest BCUT2D eigenvalue weighted by molar-refractivity contribution is -0.135. The fourth-order valence-corrected chi connectivity index (χ4v) is 5.60. The van der Waals surface area contributed by atoms with Crippen LogP contribution in [0, 0.1) is 6.92 Å². The number of sulfonamides is 1. The first-order valence-electron chi connectivity index (χ1n) is 13.6. The van der Waals surface area contributed by atoms with E-state index in [2.05, 4.69) is 16.0 Å². The summed E-state index contributed by atoms with van der Waals surface area (Å²) in [4.78, 5) is 33.8. The second-order valence-electron chi connectivity index (χ2n) is 11.0. The quantitative estimate of drug-likeness (QED) is 0.246. The molecule has 224 valence electrons. The lowest BCUT2D eigenvalue weighted by atomic mass is 10.0. The van der Waals surface area contributed by atoms with E-state index in [0.717, 1.165) is 27.2 Å². The third-order valence-electron chi connectivity index (χ3n) is 6.22. The van der Waals surface area contributed by atoms with Crippen molar-refractivity contribution < 1.29 is 27.9 Å². The topological polar surface area (TPSA) is 130 Å². The van der Waals surface area contributed by atoms with Gasteiger partial charge in [-0.1, -0.05) is 66.2 Å². The summed E-state index contributed by atoms with van der Waals surface area (Å²) in [7, 11) is -4.07. The molecule has 0 aliphatic rings. The van der Waals surface area contributed by atoms with Crippen LogP contribution in [0.1, 0.15) is 37.6 Å². The molecular formula is C32H34N4O6S. The van der Waals surface area contributed by atoms with Gasteiger partial charge in [0.05, 0.1) is 12.2 Å². The number of aryl methyl sites for hydroxylation is 1. The Balaban J connectivity index is 1.66. The molecule has 2 heterocycles. The lowest BCUT2D eigenvalue weighted by Crippen LogP contribution is -2.40. The largest absolute Gasteiger partial charge is 0.480 e. The Labute approximate surface area is 251 Å². The number of rotatable bonds is 10. The maximum Gasteiger partial charge on any atom is 0.416 e. The van der Waals surface area contributed by atoms with E-state index in [9.17, 15) is 23.1 Å². The molecule has 43 heavy (non-hydrogen) atoms. The monoisotopic (exact) mass is 602 g/mol. The van der Waals surface area contributed by atoms with Gasteiger partial charge in [0.25, 0.3) is 10.0 Å². The molecule has 1 amide bonds. The van der Waals surface area contributed by atoms with E-state index in [4.69, 9.17) is 4.74 Å². The first-order valence-corrected chi connectivity index (χ1v) is 15.0. The Hall–Kier alpha value is -4.61. The minimum atomic E-state index is -4.07. The summed E-state index contributed by atoms with van der Waals surface area (Å²) in [6.45, 7) is 6.19. The third-order valence-corrected chi connectivity index (χ3v) is 7.93. The molecule has 2 aromatic heterocycles. The van der Waals surface area contributed by atoms with Gasteiger partial charge in [-0.15, -0.1) is 0 Å². The number of carbonyl (C=O) groups excluding carboxylic acids is 1. The normalized spacial score (nSPS) is 11.7. The number of hydrogen-bond donors (Lipinski definition) is 1. The van der Waals surface area contributed by atoms with E-state index in [1.54, 1.807) is 45.0 Å². The van der Waals surface area contributed by atoms with Gasteiger partial charge in [-0.2, -0.15) is 4.31 Å². The number of carboxylic acids is 1. The van der Waals surface area contributed by atoms with Crippen LogP contribution >= 0.6 is 0 Å². The number of hydrogen-bond acceptors (Lipinski definition) is 7. The van der Waals surface area contributed by atoms with Gasteiger partial charge >= 0.3 is 12.1 Å². The van der Waals surface area contributed by atoms with Crippen LogP contribution in [0.15, 0.2) is 96.2 Å². The van der Waals surface area contributed by atoms with Crippen molar-refractivity contribution >= 4 is 27.9 Å². The minimum absolute atomic E-state index is 0.0177. The number of anilines is 1. The van der Waals surface area contributed by atoms with Crippen molar-refractivity contribution in [1.82, 2.24) is 14.3 Å². The minimum Gasteiger partial charge on any atom is -0.480 e. The summed E-state index contributed by atoms with van der Waals surface area (Å²) < 4.78 is 34.2. The first-order chi connectivity index (χ1) is 20.3. The van der Waals surface area contributed by atoms with Gasteiger partial charge in [-0.25, -0.2) is 23.2 Å². The summed E-state index contributed by atoms with van der Waals surface area (Å²) >= 11 is 0. The fourth-order valence-electron chi connectivity index (χ4n) is 4.27. The Kier molecular flexibility index (Phi) is 9.57. The molecule has 4 rings (SSSR count). The van der Waals surface area contributed by atoms with Gasteiger partial charge in [0.1, 0.15) is 18.0 Å². The number of carbonyl (C=O) groups is 2. The van der Waals surface area contributed by atoms with Crippen LogP contribution in [-0.4, -0.2) is 52.0 Å². The highest BCUT2D eigenvalue weighted by Gasteiger charge is 2.29. The van der Waals surface area contributed by atoms with Crippen molar-refractivity contribution in [2.75, 3.05) is 11.4 Å². The van der Waals surface area contributed by atoms with Gasteiger partial charge in [0.15, 0.2) is 5.03 Å². The molecule has 0 unspecified atom stereocenters. The SMILES string of the molecule is Cc1cccc(-c2ccc(CN(Cc3cccc(N(CC(=O)O)C(=O)OC(C)(C)C)n3)S(=O)(=O)c3ccccn3)cc2)c1. The Morgan fingerprint density at radius 1 is 0.884 bits per heavy atom. The van der Waals surface area contributed by atoms with E-state index < -0.39 is 34.2 Å². The molecule has 0 aliphatic carbocycles. The molecule has 11 heteroatoms. The Bertz CT molecular complexity index is 1690. The second kappa shape index (κ2) is 13.1. The van der Waals surface area contributed by atoms with E-state index >= 15 is 0 Å². The van der Waals surface area contributed by atoms with Crippen LogP contribution in [0.3, 0.4) is 0 Å². The van der Waals surface area contributed by atoms with E-state index in [0.29, 0.717) is 5.69 Å². The molecule has 0 saturated carbocycles. The highest BCUT2D eigenvalue weighted by atomic mass is 32.2. The van der Waals surface area contributed by atoms with Crippen molar-refractivity contribution in [3.63, 3.8) is 0 Å².